The number of nitrogens with zero attached hydrogens (tertiary/aromatic N) is 1. The Morgan fingerprint density at radius 3 is 1.97 bits per heavy atom. The molecule has 0 aromatic heterocycles. The van der Waals surface area contributed by atoms with Crippen molar-refractivity contribution in [2.45, 2.75) is 27.3 Å². The van der Waals surface area contributed by atoms with Crippen LogP contribution in [0.1, 0.15) is 5.56 Å². The number of nitrogens with one attached hydrogen (secondary N) is 1. The first-order valence-corrected chi connectivity index (χ1v) is 12.3. The molecule has 3 aromatic carbocycles. The fourth-order valence-corrected chi connectivity index (χ4v) is 5.44. The van der Waals surface area contributed by atoms with Crippen LogP contribution in [0.15, 0.2) is 99.6 Å². The summed E-state index contributed by atoms with van der Waals surface area (Å²) in [4.78, 5) is 26.6. The van der Waals surface area contributed by atoms with Crippen molar-refractivity contribution in [3.63, 3.8) is 0 Å². The Balaban J connectivity index is 1.82. The number of hydrogen-bond acceptors (Lipinski definition) is 6. The van der Waals surface area contributed by atoms with E-state index in [0.717, 1.165) is 9.79 Å². The fourth-order valence-electron chi connectivity index (χ4n) is 3.12. The highest BCUT2D eigenvalue weighted by Crippen LogP contribution is 2.28. The van der Waals surface area contributed by atoms with Crippen LogP contribution in [0, 0.1) is 0 Å². The van der Waals surface area contributed by atoms with Crippen LogP contribution >= 0.6 is 11.8 Å². The molecule has 3 N–H and O–H groups in total. The van der Waals surface area contributed by atoms with Crippen molar-refractivity contribution >= 4 is 33.6 Å². The largest absolute Gasteiger partial charge is 0.465 e. The van der Waals surface area contributed by atoms with Crippen LogP contribution in [0.3, 0.4) is 0 Å². The molecule has 3 aromatic rings. The molecule has 172 valence electrons. The lowest BCUT2D eigenvalue weighted by atomic mass is 10.2. The molecule has 2 amide bonds. The summed E-state index contributed by atoms with van der Waals surface area (Å²) in [5, 5.41) is 18.8. The average Bonchev–Trinajstić information content (AvgIpc) is 2.82. The number of amides is 2. The zero-order valence-corrected chi connectivity index (χ0v) is 19.0. The molecule has 10 heteroatoms. The maximum absolute atomic E-state index is 13.0. The van der Waals surface area contributed by atoms with Crippen molar-refractivity contribution in [3.05, 3.63) is 90.5 Å². The van der Waals surface area contributed by atoms with Gasteiger partial charge in [0.25, 0.3) is 5.91 Å². The molecule has 0 spiro atoms. The van der Waals surface area contributed by atoms with Crippen molar-refractivity contribution in [2.75, 3.05) is 5.75 Å². The minimum absolute atomic E-state index is 0.0549. The lowest BCUT2D eigenvalue weighted by Crippen LogP contribution is -2.51. The summed E-state index contributed by atoms with van der Waals surface area (Å²) in [6.45, 7) is -0.226. The quantitative estimate of drug-likeness (QED) is 0.311. The Kier molecular flexibility index (Phi) is 8.10. The molecule has 1 unspecified atom stereocenters. The normalized spacial score (nSPS) is 12.0. The summed E-state index contributed by atoms with van der Waals surface area (Å²) in [6.07, 6.45) is -1.49. The molecule has 0 heterocycles. The Hall–Kier alpha value is -3.34. The third-order valence-electron chi connectivity index (χ3n) is 4.77. The van der Waals surface area contributed by atoms with Crippen LogP contribution in [-0.2, 0) is 21.2 Å². The SMILES string of the molecule is O=C(NO)C(CS(=O)(=O)c1ccc(Sc2ccccc2)cc1)N(Cc1ccccc1)C(=O)O. The van der Waals surface area contributed by atoms with E-state index in [-0.39, 0.29) is 11.4 Å². The first-order valence-electron chi connectivity index (χ1n) is 9.83. The Bertz CT molecular complexity index is 1190. The third-order valence-corrected chi connectivity index (χ3v) is 7.53. The van der Waals surface area contributed by atoms with E-state index >= 15 is 0 Å². The zero-order valence-electron chi connectivity index (χ0n) is 17.4. The molecule has 0 aliphatic carbocycles. The van der Waals surface area contributed by atoms with Gasteiger partial charge in [-0.3, -0.25) is 14.9 Å². The lowest BCUT2D eigenvalue weighted by molar-refractivity contribution is -0.133. The van der Waals surface area contributed by atoms with Gasteiger partial charge in [0.15, 0.2) is 9.84 Å². The molecule has 1 atom stereocenters. The smallest absolute Gasteiger partial charge is 0.408 e. The molecule has 0 aliphatic rings. The van der Waals surface area contributed by atoms with Crippen LogP contribution in [0.4, 0.5) is 4.79 Å². The van der Waals surface area contributed by atoms with Crippen molar-refractivity contribution < 1.29 is 28.3 Å². The minimum Gasteiger partial charge on any atom is -0.465 e. The lowest BCUT2D eigenvalue weighted by Gasteiger charge is -2.27. The van der Waals surface area contributed by atoms with E-state index in [1.165, 1.54) is 29.4 Å². The highest BCUT2D eigenvalue weighted by molar-refractivity contribution is 7.99. The number of benzene rings is 3. The highest BCUT2D eigenvalue weighted by Gasteiger charge is 2.35. The molecule has 8 nitrogen and oxygen atoms in total. The highest BCUT2D eigenvalue weighted by atomic mass is 32.2. The maximum Gasteiger partial charge on any atom is 0.408 e. The van der Waals surface area contributed by atoms with E-state index in [0.29, 0.717) is 10.5 Å². The summed E-state index contributed by atoms with van der Waals surface area (Å²) in [5.74, 6) is -1.96. The molecular formula is C23H22N2O6S2. The third kappa shape index (κ3) is 6.58. The second-order valence-electron chi connectivity index (χ2n) is 7.06. The predicted molar refractivity (Wildman–Crippen MR) is 123 cm³/mol. The summed E-state index contributed by atoms with van der Waals surface area (Å²) < 4.78 is 26.0. The first-order chi connectivity index (χ1) is 15.8. The molecule has 0 bridgehead atoms. The minimum atomic E-state index is -4.06. The van der Waals surface area contributed by atoms with Gasteiger partial charge < -0.3 is 5.11 Å². The predicted octanol–water partition coefficient (Wildman–Crippen LogP) is 3.67. The van der Waals surface area contributed by atoms with Gasteiger partial charge in [0.05, 0.1) is 10.6 Å². The molecule has 0 saturated carbocycles. The molecule has 0 saturated heterocycles. The number of carboxylic acid groups (broad SMARTS) is 1. The first kappa shape index (κ1) is 24.3. The molecular weight excluding hydrogens is 464 g/mol. The van der Waals surface area contributed by atoms with Crippen molar-refractivity contribution in [1.82, 2.24) is 10.4 Å². The second kappa shape index (κ2) is 11.0. The number of rotatable bonds is 9. The van der Waals surface area contributed by atoms with Crippen molar-refractivity contribution in [2.24, 2.45) is 0 Å². The molecule has 33 heavy (non-hydrogen) atoms. The van der Waals surface area contributed by atoms with Gasteiger partial charge in [-0.2, -0.15) is 0 Å². The van der Waals surface area contributed by atoms with Gasteiger partial charge >= 0.3 is 6.09 Å². The van der Waals surface area contributed by atoms with Crippen molar-refractivity contribution in [3.8, 4) is 0 Å². The summed E-state index contributed by atoms with van der Waals surface area (Å²) in [6, 6.07) is 22.5. The fraction of sp³-hybridized carbons (Fsp3) is 0.130. The van der Waals surface area contributed by atoms with E-state index < -0.39 is 33.6 Å². The number of hydrogen-bond donors (Lipinski definition) is 3. The monoisotopic (exact) mass is 486 g/mol. The van der Waals surface area contributed by atoms with Gasteiger partial charge in [0, 0.05) is 16.3 Å². The van der Waals surface area contributed by atoms with Crippen LogP contribution in [-0.4, -0.2) is 47.4 Å². The van der Waals surface area contributed by atoms with E-state index in [9.17, 15) is 23.1 Å². The van der Waals surface area contributed by atoms with E-state index in [1.807, 2.05) is 30.3 Å². The van der Waals surface area contributed by atoms with Crippen LogP contribution < -0.4 is 5.48 Å². The van der Waals surface area contributed by atoms with Crippen molar-refractivity contribution in [1.29, 1.82) is 0 Å². The Morgan fingerprint density at radius 1 is 0.879 bits per heavy atom. The van der Waals surface area contributed by atoms with Gasteiger partial charge in [0.1, 0.15) is 6.04 Å². The van der Waals surface area contributed by atoms with E-state index in [2.05, 4.69) is 0 Å². The van der Waals surface area contributed by atoms with Gasteiger partial charge in [-0.1, -0.05) is 60.3 Å². The van der Waals surface area contributed by atoms with Gasteiger partial charge in [-0.15, -0.1) is 0 Å². The summed E-state index contributed by atoms with van der Waals surface area (Å²) in [7, 11) is -4.06. The van der Waals surface area contributed by atoms with Crippen LogP contribution in [0.25, 0.3) is 0 Å². The van der Waals surface area contributed by atoms with Crippen LogP contribution in [0.2, 0.25) is 0 Å². The summed E-state index contributed by atoms with van der Waals surface area (Å²) in [5.41, 5.74) is 1.95. The molecule has 0 radical (unpaired) electrons. The van der Waals surface area contributed by atoms with E-state index in [1.54, 1.807) is 42.5 Å². The Morgan fingerprint density at radius 2 is 1.42 bits per heavy atom. The van der Waals surface area contributed by atoms with Gasteiger partial charge in [-0.05, 0) is 42.0 Å². The van der Waals surface area contributed by atoms with Crippen LogP contribution in [0.5, 0.6) is 0 Å². The Labute approximate surface area is 195 Å². The average molecular weight is 487 g/mol. The maximum atomic E-state index is 13.0. The number of carbonyl (C=O) groups is 2. The van der Waals surface area contributed by atoms with Gasteiger partial charge in [0.2, 0.25) is 0 Å². The summed E-state index contributed by atoms with van der Waals surface area (Å²) >= 11 is 1.46. The standard InChI is InChI=1S/C23H22N2O6S2/c26-22(24-29)21(25(23(27)28)15-17-7-3-1-4-8-17)16-33(30,31)20-13-11-19(12-14-20)32-18-9-5-2-6-10-18/h1-14,21,29H,15-16H2,(H,24,26)(H,27,28). The molecule has 3 rings (SSSR count). The number of hydroxylamine groups is 1. The second-order valence-corrected chi connectivity index (χ2v) is 10.2. The zero-order chi connectivity index (χ0) is 23.8. The molecule has 0 fully saturated rings. The number of carbonyl (C=O) groups excluding carboxylic acids is 1. The topological polar surface area (TPSA) is 124 Å². The molecule has 0 aliphatic heterocycles. The van der Waals surface area contributed by atoms with Gasteiger partial charge in [-0.25, -0.2) is 18.7 Å². The number of sulfone groups is 1. The van der Waals surface area contributed by atoms with E-state index in [4.69, 9.17) is 5.21 Å².